The van der Waals surface area contributed by atoms with Crippen molar-refractivity contribution in [3.8, 4) is 5.75 Å². The SMILES string of the molecule is CC[C@H](Oc1cn(C2CCCC2)c2cc(NC3CCCCC3)c(F)cc2c1=O)C(=O)O. The molecule has 168 valence electrons. The van der Waals surface area contributed by atoms with Gasteiger partial charge in [0.25, 0.3) is 0 Å². The summed E-state index contributed by atoms with van der Waals surface area (Å²) in [6.45, 7) is 1.69. The highest BCUT2D eigenvalue weighted by atomic mass is 19.1. The fraction of sp³-hybridized carbons (Fsp3) is 0.583. The van der Waals surface area contributed by atoms with Gasteiger partial charge in [0, 0.05) is 12.1 Å². The number of benzene rings is 1. The van der Waals surface area contributed by atoms with E-state index in [1.165, 1.54) is 12.5 Å². The number of hydrogen-bond donors (Lipinski definition) is 2. The molecular formula is C24H31FN2O4. The smallest absolute Gasteiger partial charge is 0.344 e. The first kappa shape index (κ1) is 21.7. The minimum Gasteiger partial charge on any atom is -0.479 e. The van der Waals surface area contributed by atoms with Gasteiger partial charge in [-0.3, -0.25) is 4.79 Å². The topological polar surface area (TPSA) is 80.6 Å². The third-order valence-electron chi connectivity index (χ3n) is 6.69. The zero-order valence-corrected chi connectivity index (χ0v) is 18.0. The van der Waals surface area contributed by atoms with Gasteiger partial charge in [-0.15, -0.1) is 0 Å². The Morgan fingerprint density at radius 2 is 1.87 bits per heavy atom. The van der Waals surface area contributed by atoms with Crippen molar-refractivity contribution < 1.29 is 19.0 Å². The normalized spacial score (nSPS) is 18.9. The monoisotopic (exact) mass is 430 g/mol. The number of anilines is 1. The Morgan fingerprint density at radius 3 is 2.52 bits per heavy atom. The molecule has 2 fully saturated rings. The molecule has 2 saturated carbocycles. The van der Waals surface area contributed by atoms with Crippen molar-refractivity contribution in [3.05, 3.63) is 34.4 Å². The molecule has 0 bridgehead atoms. The van der Waals surface area contributed by atoms with E-state index in [-0.39, 0.29) is 29.6 Å². The second-order valence-electron chi connectivity index (χ2n) is 8.85. The second-order valence-corrected chi connectivity index (χ2v) is 8.85. The van der Waals surface area contributed by atoms with Crippen molar-refractivity contribution in [1.82, 2.24) is 4.57 Å². The molecule has 0 radical (unpaired) electrons. The van der Waals surface area contributed by atoms with Gasteiger partial charge in [0.1, 0.15) is 5.82 Å². The third kappa shape index (κ3) is 4.55. The van der Waals surface area contributed by atoms with Gasteiger partial charge >= 0.3 is 5.97 Å². The Balaban J connectivity index is 1.79. The predicted molar refractivity (Wildman–Crippen MR) is 119 cm³/mol. The highest BCUT2D eigenvalue weighted by Gasteiger charge is 2.25. The standard InChI is InChI=1S/C24H31FN2O4/c1-2-21(24(29)30)31-22-14-27(16-10-6-7-11-16)20-13-19(18(25)12-17(20)23(22)28)26-15-8-4-3-5-9-15/h12-16,21,26H,2-11H2,1H3,(H,29,30)/t21-/m0/s1. The predicted octanol–water partition coefficient (Wildman–Crippen LogP) is 5.24. The first-order chi connectivity index (χ1) is 15.0. The van der Waals surface area contributed by atoms with Gasteiger partial charge in [-0.1, -0.05) is 39.0 Å². The second kappa shape index (κ2) is 9.28. The number of carboxylic acids is 1. The number of fused-ring (bicyclic) bond motifs is 1. The summed E-state index contributed by atoms with van der Waals surface area (Å²) in [5, 5.41) is 12.9. The van der Waals surface area contributed by atoms with Gasteiger partial charge in [0.15, 0.2) is 11.9 Å². The maximum Gasteiger partial charge on any atom is 0.344 e. The lowest BCUT2D eigenvalue weighted by Gasteiger charge is -2.25. The number of nitrogens with one attached hydrogen (secondary N) is 1. The van der Waals surface area contributed by atoms with E-state index in [1.807, 2.05) is 4.57 Å². The average molecular weight is 431 g/mol. The molecule has 0 spiro atoms. The van der Waals surface area contributed by atoms with Crippen molar-refractivity contribution in [1.29, 1.82) is 0 Å². The van der Waals surface area contributed by atoms with Gasteiger partial charge in [-0.25, -0.2) is 9.18 Å². The lowest BCUT2D eigenvalue weighted by molar-refractivity contribution is -0.145. The van der Waals surface area contributed by atoms with E-state index in [9.17, 15) is 14.7 Å². The number of pyridine rings is 1. The number of aliphatic carboxylic acids is 1. The molecule has 2 aliphatic carbocycles. The van der Waals surface area contributed by atoms with Crippen LogP contribution in [0.25, 0.3) is 10.9 Å². The quantitative estimate of drug-likeness (QED) is 0.628. The lowest BCUT2D eigenvalue weighted by atomic mass is 9.95. The number of ether oxygens (including phenoxy) is 1. The van der Waals surface area contributed by atoms with E-state index in [0.29, 0.717) is 11.2 Å². The number of carboxylic acid groups (broad SMARTS) is 1. The first-order valence-corrected chi connectivity index (χ1v) is 11.5. The van der Waals surface area contributed by atoms with Gasteiger partial charge in [0.05, 0.1) is 22.8 Å². The van der Waals surface area contributed by atoms with Crippen LogP contribution < -0.4 is 15.5 Å². The minimum atomic E-state index is -1.12. The van der Waals surface area contributed by atoms with Gasteiger partial charge < -0.3 is 19.7 Å². The number of nitrogens with zero attached hydrogens (tertiary/aromatic N) is 1. The van der Waals surface area contributed by atoms with E-state index in [4.69, 9.17) is 4.74 Å². The molecule has 0 saturated heterocycles. The highest BCUT2D eigenvalue weighted by Crippen LogP contribution is 2.34. The van der Waals surface area contributed by atoms with E-state index in [2.05, 4.69) is 5.32 Å². The Labute approximate surface area is 181 Å². The summed E-state index contributed by atoms with van der Waals surface area (Å²) in [7, 11) is 0. The molecule has 1 atom stereocenters. The Kier molecular flexibility index (Phi) is 6.49. The number of aromatic nitrogens is 1. The summed E-state index contributed by atoms with van der Waals surface area (Å²) < 4.78 is 22.6. The molecule has 31 heavy (non-hydrogen) atoms. The molecule has 4 rings (SSSR count). The molecule has 2 aromatic rings. The molecular weight excluding hydrogens is 399 g/mol. The molecule has 6 nitrogen and oxygen atoms in total. The number of hydrogen-bond acceptors (Lipinski definition) is 4. The molecule has 2 aliphatic rings. The fourth-order valence-electron chi connectivity index (χ4n) is 4.95. The molecule has 0 unspecified atom stereocenters. The van der Waals surface area contributed by atoms with Crippen LogP contribution in [-0.2, 0) is 4.79 Å². The van der Waals surface area contributed by atoms with Crippen molar-refractivity contribution >= 4 is 22.6 Å². The lowest BCUT2D eigenvalue weighted by Crippen LogP contribution is -2.29. The van der Waals surface area contributed by atoms with Gasteiger partial charge in [-0.05, 0) is 44.2 Å². The van der Waals surface area contributed by atoms with E-state index < -0.39 is 23.3 Å². The number of carbonyl (C=O) groups is 1. The molecule has 1 heterocycles. The Morgan fingerprint density at radius 1 is 1.19 bits per heavy atom. The highest BCUT2D eigenvalue weighted by molar-refractivity contribution is 5.84. The van der Waals surface area contributed by atoms with E-state index in [1.54, 1.807) is 19.2 Å². The maximum absolute atomic E-state index is 15.0. The van der Waals surface area contributed by atoms with Gasteiger partial charge in [-0.2, -0.15) is 0 Å². The van der Waals surface area contributed by atoms with Crippen LogP contribution in [0.15, 0.2) is 23.1 Å². The largest absolute Gasteiger partial charge is 0.479 e. The first-order valence-electron chi connectivity index (χ1n) is 11.5. The number of rotatable bonds is 7. The number of halogens is 1. The van der Waals surface area contributed by atoms with Crippen LogP contribution in [0.5, 0.6) is 5.75 Å². The summed E-state index contributed by atoms with van der Waals surface area (Å²) in [5.41, 5.74) is 0.635. The fourth-order valence-corrected chi connectivity index (χ4v) is 4.95. The zero-order chi connectivity index (χ0) is 22.0. The van der Waals surface area contributed by atoms with Crippen LogP contribution in [0.3, 0.4) is 0 Å². The summed E-state index contributed by atoms with van der Waals surface area (Å²) in [6.07, 6.45) is 10.4. The van der Waals surface area contributed by atoms with Crippen LogP contribution in [0.2, 0.25) is 0 Å². The van der Waals surface area contributed by atoms with E-state index >= 15 is 4.39 Å². The van der Waals surface area contributed by atoms with Crippen molar-refractivity contribution in [3.63, 3.8) is 0 Å². The molecule has 0 amide bonds. The minimum absolute atomic E-state index is 0.0268. The van der Waals surface area contributed by atoms with Crippen LogP contribution in [0.4, 0.5) is 10.1 Å². The molecule has 1 aromatic carbocycles. The van der Waals surface area contributed by atoms with Crippen LogP contribution in [0.1, 0.15) is 77.2 Å². The molecule has 0 aliphatic heterocycles. The molecule has 7 heteroatoms. The third-order valence-corrected chi connectivity index (χ3v) is 6.69. The Hall–Kier alpha value is -2.57. The van der Waals surface area contributed by atoms with Crippen LogP contribution >= 0.6 is 0 Å². The van der Waals surface area contributed by atoms with Crippen molar-refractivity contribution in [2.45, 2.75) is 89.3 Å². The molecule has 2 N–H and O–H groups in total. The van der Waals surface area contributed by atoms with Crippen molar-refractivity contribution in [2.75, 3.05) is 5.32 Å². The van der Waals surface area contributed by atoms with Crippen molar-refractivity contribution in [2.24, 2.45) is 0 Å². The summed E-state index contributed by atoms with van der Waals surface area (Å²) >= 11 is 0. The average Bonchev–Trinajstić information content (AvgIpc) is 3.29. The van der Waals surface area contributed by atoms with E-state index in [0.717, 1.165) is 51.4 Å². The summed E-state index contributed by atoms with van der Waals surface area (Å²) in [4.78, 5) is 24.5. The summed E-state index contributed by atoms with van der Waals surface area (Å²) in [5.74, 6) is -1.61. The summed E-state index contributed by atoms with van der Waals surface area (Å²) in [6, 6.07) is 3.46. The maximum atomic E-state index is 15.0. The zero-order valence-electron chi connectivity index (χ0n) is 18.0. The molecule has 1 aromatic heterocycles. The Bertz CT molecular complexity index is 1010. The van der Waals surface area contributed by atoms with Crippen LogP contribution in [0, 0.1) is 5.82 Å². The van der Waals surface area contributed by atoms with Gasteiger partial charge in [0.2, 0.25) is 5.43 Å². The van der Waals surface area contributed by atoms with Crippen LogP contribution in [-0.4, -0.2) is 27.8 Å².